The van der Waals surface area contributed by atoms with E-state index in [0.717, 1.165) is 25.4 Å². The van der Waals surface area contributed by atoms with Gasteiger partial charge in [0.05, 0.1) is 18.2 Å². The molecule has 2 nitrogen and oxygen atoms in total. The van der Waals surface area contributed by atoms with E-state index < -0.39 is 0 Å². The van der Waals surface area contributed by atoms with E-state index in [-0.39, 0.29) is 11.6 Å². The maximum atomic E-state index is 5.83. The van der Waals surface area contributed by atoms with E-state index in [0.29, 0.717) is 0 Å². The second-order valence-corrected chi connectivity index (χ2v) is 7.10. The fourth-order valence-electron chi connectivity index (χ4n) is 3.09. The lowest BCUT2D eigenvalue weighted by Gasteiger charge is -2.35. The van der Waals surface area contributed by atoms with E-state index in [2.05, 4.69) is 73.8 Å². The molecule has 0 saturated carbocycles. The van der Waals surface area contributed by atoms with E-state index in [1.54, 1.807) is 0 Å². The second kappa shape index (κ2) is 7.52. The molecule has 23 heavy (non-hydrogen) atoms. The van der Waals surface area contributed by atoms with Crippen molar-refractivity contribution in [2.45, 2.75) is 36.7 Å². The Morgan fingerprint density at radius 2 is 1.83 bits per heavy atom. The third-order valence-electron chi connectivity index (χ3n) is 4.58. The molecule has 0 amide bonds. The molecule has 2 aromatic carbocycles. The average molecular weight is 327 g/mol. The zero-order valence-corrected chi connectivity index (χ0v) is 14.7. The summed E-state index contributed by atoms with van der Waals surface area (Å²) in [6, 6.07) is 19.7. The molecule has 0 aliphatic carbocycles. The molecule has 3 rings (SSSR count). The zero-order valence-electron chi connectivity index (χ0n) is 13.9. The van der Waals surface area contributed by atoms with E-state index >= 15 is 0 Å². The van der Waals surface area contributed by atoms with Crippen LogP contribution in [0.4, 0.5) is 0 Å². The summed E-state index contributed by atoms with van der Waals surface area (Å²) in [4.78, 5) is 1.38. The van der Waals surface area contributed by atoms with Crippen LogP contribution >= 0.6 is 11.8 Å². The number of thioether (sulfide) groups is 1. The van der Waals surface area contributed by atoms with Gasteiger partial charge in [0.25, 0.3) is 0 Å². The minimum atomic E-state index is 0.000203. The van der Waals surface area contributed by atoms with Crippen molar-refractivity contribution in [3.63, 3.8) is 0 Å². The van der Waals surface area contributed by atoms with Crippen molar-refractivity contribution in [2.75, 3.05) is 19.0 Å². The SMILES string of the molecule is CCOC[C@@]1(CC)CSc2ccccc2[C@H](c2ccccc2)N1. The molecule has 0 unspecified atom stereocenters. The first-order valence-electron chi connectivity index (χ1n) is 8.40. The lowest BCUT2D eigenvalue weighted by Crippen LogP contribution is -2.51. The highest BCUT2D eigenvalue weighted by Gasteiger charge is 2.35. The van der Waals surface area contributed by atoms with Crippen molar-refractivity contribution < 1.29 is 4.74 Å². The van der Waals surface area contributed by atoms with Crippen molar-refractivity contribution in [3.05, 3.63) is 65.7 Å². The van der Waals surface area contributed by atoms with Crippen molar-refractivity contribution in [1.82, 2.24) is 5.32 Å². The average Bonchev–Trinajstić information content (AvgIpc) is 2.79. The van der Waals surface area contributed by atoms with Gasteiger partial charge in [-0.3, -0.25) is 5.32 Å². The van der Waals surface area contributed by atoms with Crippen LogP contribution < -0.4 is 5.32 Å². The predicted molar refractivity (Wildman–Crippen MR) is 98.1 cm³/mol. The topological polar surface area (TPSA) is 21.3 Å². The minimum absolute atomic E-state index is 0.000203. The van der Waals surface area contributed by atoms with Crippen molar-refractivity contribution in [2.24, 2.45) is 0 Å². The number of hydrogen-bond acceptors (Lipinski definition) is 3. The Balaban J connectivity index is 2.01. The van der Waals surface area contributed by atoms with Gasteiger partial charge < -0.3 is 4.74 Å². The first-order chi connectivity index (χ1) is 11.3. The highest BCUT2D eigenvalue weighted by atomic mass is 32.2. The van der Waals surface area contributed by atoms with Gasteiger partial charge in [-0.05, 0) is 30.5 Å². The summed E-state index contributed by atoms with van der Waals surface area (Å²) in [7, 11) is 0. The van der Waals surface area contributed by atoms with Gasteiger partial charge in [0.1, 0.15) is 0 Å². The van der Waals surface area contributed by atoms with Gasteiger partial charge in [0, 0.05) is 17.3 Å². The molecule has 1 aliphatic heterocycles. The van der Waals surface area contributed by atoms with Crippen LogP contribution in [0.15, 0.2) is 59.5 Å². The highest BCUT2D eigenvalue weighted by Crippen LogP contribution is 2.39. The summed E-state index contributed by atoms with van der Waals surface area (Å²) in [5, 5.41) is 3.94. The lowest BCUT2D eigenvalue weighted by molar-refractivity contribution is 0.0807. The van der Waals surface area contributed by atoms with Crippen LogP contribution in [0, 0.1) is 0 Å². The molecule has 2 aromatic rings. The third-order valence-corrected chi connectivity index (χ3v) is 5.96. The fourth-order valence-corrected chi connectivity index (χ4v) is 4.42. The predicted octanol–water partition coefficient (Wildman–Crippen LogP) is 4.66. The molecular weight excluding hydrogens is 302 g/mol. The van der Waals surface area contributed by atoms with E-state index in [4.69, 9.17) is 4.74 Å². The highest BCUT2D eigenvalue weighted by molar-refractivity contribution is 7.99. The van der Waals surface area contributed by atoms with Crippen LogP contribution in [0.1, 0.15) is 37.4 Å². The van der Waals surface area contributed by atoms with Crippen molar-refractivity contribution in [3.8, 4) is 0 Å². The molecule has 0 radical (unpaired) electrons. The Kier molecular flexibility index (Phi) is 5.42. The zero-order chi connectivity index (χ0) is 16.1. The molecule has 0 aromatic heterocycles. The Bertz CT molecular complexity index is 631. The summed E-state index contributed by atoms with van der Waals surface area (Å²) >= 11 is 1.95. The first kappa shape index (κ1) is 16.6. The molecule has 2 atom stereocenters. The summed E-state index contributed by atoms with van der Waals surface area (Å²) in [5.74, 6) is 1.03. The molecule has 3 heteroatoms. The maximum Gasteiger partial charge on any atom is 0.0656 e. The summed E-state index contributed by atoms with van der Waals surface area (Å²) < 4.78 is 5.83. The molecular formula is C20H25NOS. The minimum Gasteiger partial charge on any atom is -0.380 e. The summed E-state index contributed by atoms with van der Waals surface area (Å²) in [5.41, 5.74) is 2.69. The maximum absolute atomic E-state index is 5.83. The number of rotatable bonds is 5. The third kappa shape index (κ3) is 3.63. The van der Waals surface area contributed by atoms with Gasteiger partial charge in [-0.15, -0.1) is 11.8 Å². The van der Waals surface area contributed by atoms with Crippen LogP contribution in [0.5, 0.6) is 0 Å². The Morgan fingerprint density at radius 1 is 1.09 bits per heavy atom. The van der Waals surface area contributed by atoms with Gasteiger partial charge in [-0.2, -0.15) is 0 Å². The Morgan fingerprint density at radius 3 is 2.57 bits per heavy atom. The molecule has 1 N–H and O–H groups in total. The van der Waals surface area contributed by atoms with Crippen LogP contribution in [-0.4, -0.2) is 24.5 Å². The largest absolute Gasteiger partial charge is 0.380 e. The standard InChI is InChI=1S/C20H25NOS/c1-3-20(14-22-4-2)15-23-18-13-9-8-12-17(18)19(21-20)16-10-6-5-7-11-16/h5-13,19,21H,3-4,14-15H2,1-2H3/t19-,20-/m0/s1. The second-order valence-electron chi connectivity index (χ2n) is 6.09. The van der Waals surface area contributed by atoms with Crippen LogP contribution in [0.2, 0.25) is 0 Å². The molecule has 0 bridgehead atoms. The molecule has 0 fully saturated rings. The smallest absolute Gasteiger partial charge is 0.0656 e. The number of ether oxygens (including phenoxy) is 1. The molecule has 0 spiro atoms. The number of fused-ring (bicyclic) bond motifs is 1. The van der Waals surface area contributed by atoms with E-state index in [1.165, 1.54) is 16.0 Å². The quantitative estimate of drug-likeness (QED) is 0.863. The van der Waals surface area contributed by atoms with Crippen LogP contribution in [0.25, 0.3) is 0 Å². The Labute approximate surface area is 143 Å². The lowest BCUT2D eigenvalue weighted by atomic mass is 9.92. The monoisotopic (exact) mass is 327 g/mol. The van der Waals surface area contributed by atoms with Gasteiger partial charge in [-0.25, -0.2) is 0 Å². The van der Waals surface area contributed by atoms with Crippen molar-refractivity contribution in [1.29, 1.82) is 0 Å². The fraction of sp³-hybridized carbons (Fsp3) is 0.400. The molecule has 1 aliphatic rings. The van der Waals surface area contributed by atoms with E-state index in [9.17, 15) is 0 Å². The normalized spacial score (nSPS) is 24.0. The number of hydrogen-bond donors (Lipinski definition) is 1. The van der Waals surface area contributed by atoms with Gasteiger partial charge >= 0.3 is 0 Å². The molecule has 1 heterocycles. The molecule has 0 saturated heterocycles. The van der Waals surface area contributed by atoms with Gasteiger partial charge in [0.2, 0.25) is 0 Å². The van der Waals surface area contributed by atoms with Gasteiger partial charge in [0.15, 0.2) is 0 Å². The Hall–Kier alpha value is -1.29. The first-order valence-corrected chi connectivity index (χ1v) is 9.38. The number of benzene rings is 2. The molecule has 122 valence electrons. The van der Waals surface area contributed by atoms with Crippen LogP contribution in [0.3, 0.4) is 0 Å². The van der Waals surface area contributed by atoms with E-state index in [1.807, 2.05) is 11.8 Å². The summed E-state index contributed by atoms with van der Waals surface area (Å²) in [6.45, 7) is 5.84. The van der Waals surface area contributed by atoms with Crippen LogP contribution in [-0.2, 0) is 4.74 Å². The summed E-state index contributed by atoms with van der Waals surface area (Å²) in [6.07, 6.45) is 1.05. The number of nitrogens with one attached hydrogen (secondary N) is 1. The van der Waals surface area contributed by atoms with Crippen molar-refractivity contribution >= 4 is 11.8 Å². The van der Waals surface area contributed by atoms with Gasteiger partial charge in [-0.1, -0.05) is 55.5 Å².